The highest BCUT2D eigenvalue weighted by Gasteiger charge is 2.27. The minimum absolute atomic E-state index is 0.376. The van der Waals surface area contributed by atoms with Crippen LogP contribution in [0, 0.1) is 20.8 Å². The Labute approximate surface area is 155 Å². The number of hydrogen-bond acceptors (Lipinski definition) is 3. The summed E-state index contributed by atoms with van der Waals surface area (Å²) in [5.74, 6) is 2.04. The van der Waals surface area contributed by atoms with Crippen LogP contribution in [0.4, 0.5) is 0 Å². The van der Waals surface area contributed by atoms with Gasteiger partial charge in [-0.05, 0) is 44.4 Å². The lowest BCUT2D eigenvalue weighted by Crippen LogP contribution is -2.36. The van der Waals surface area contributed by atoms with Crippen molar-refractivity contribution in [3.05, 3.63) is 70.5 Å². The van der Waals surface area contributed by atoms with Gasteiger partial charge in [-0.25, -0.2) is 0 Å². The summed E-state index contributed by atoms with van der Waals surface area (Å²) in [4.78, 5) is 2.52. The second-order valence-corrected chi connectivity index (χ2v) is 7.42. The van der Waals surface area contributed by atoms with Crippen LogP contribution in [-0.2, 0) is 13.1 Å². The van der Waals surface area contributed by atoms with E-state index in [2.05, 4.69) is 83.8 Å². The van der Waals surface area contributed by atoms with Crippen LogP contribution >= 0.6 is 0 Å². The van der Waals surface area contributed by atoms with Gasteiger partial charge >= 0.3 is 0 Å². The molecule has 26 heavy (non-hydrogen) atoms. The summed E-state index contributed by atoms with van der Waals surface area (Å²) < 4.78 is 2.27. The van der Waals surface area contributed by atoms with Crippen molar-refractivity contribution in [2.24, 2.45) is 0 Å². The standard InChI is InChI=1S/C22H26N4/c1-15-12-16(2)21(17(3)13-15)18(4)25-10-11-26-20(14-25)23-24-22(26)19-8-6-5-7-9-19/h5-9,12-13,18H,10-11,14H2,1-4H3. The van der Waals surface area contributed by atoms with Crippen LogP contribution in [0.5, 0.6) is 0 Å². The van der Waals surface area contributed by atoms with Gasteiger partial charge in [0.2, 0.25) is 0 Å². The highest BCUT2D eigenvalue weighted by molar-refractivity contribution is 5.55. The van der Waals surface area contributed by atoms with E-state index in [1.807, 2.05) is 6.07 Å². The first-order chi connectivity index (χ1) is 12.5. The number of fused-ring (bicyclic) bond motifs is 1. The molecule has 1 aromatic heterocycles. The summed E-state index contributed by atoms with van der Waals surface area (Å²) in [6.07, 6.45) is 0. The molecule has 1 aliphatic rings. The Balaban J connectivity index is 1.61. The number of rotatable bonds is 3. The van der Waals surface area contributed by atoms with Crippen LogP contribution in [0.15, 0.2) is 42.5 Å². The van der Waals surface area contributed by atoms with Gasteiger partial charge in [-0.3, -0.25) is 4.90 Å². The molecular weight excluding hydrogens is 320 g/mol. The SMILES string of the molecule is Cc1cc(C)c(C(C)N2CCn3c(nnc3-c3ccccc3)C2)c(C)c1. The second-order valence-electron chi connectivity index (χ2n) is 7.42. The third kappa shape index (κ3) is 2.95. The molecule has 4 nitrogen and oxygen atoms in total. The van der Waals surface area contributed by atoms with E-state index in [0.717, 1.165) is 36.8 Å². The van der Waals surface area contributed by atoms with Gasteiger partial charge in [-0.2, -0.15) is 0 Å². The van der Waals surface area contributed by atoms with E-state index < -0.39 is 0 Å². The molecule has 0 amide bonds. The van der Waals surface area contributed by atoms with Gasteiger partial charge in [0, 0.05) is 24.7 Å². The lowest BCUT2D eigenvalue weighted by atomic mass is 9.94. The van der Waals surface area contributed by atoms with Crippen LogP contribution in [0.1, 0.15) is 41.0 Å². The fourth-order valence-corrected chi connectivity index (χ4v) is 4.34. The molecule has 0 spiro atoms. The molecule has 134 valence electrons. The van der Waals surface area contributed by atoms with Crippen LogP contribution in [0.25, 0.3) is 11.4 Å². The van der Waals surface area contributed by atoms with E-state index >= 15 is 0 Å². The molecule has 0 radical (unpaired) electrons. The third-order valence-electron chi connectivity index (χ3n) is 5.52. The van der Waals surface area contributed by atoms with E-state index in [1.165, 1.54) is 22.3 Å². The zero-order valence-electron chi connectivity index (χ0n) is 16.0. The molecule has 1 aliphatic heterocycles. The van der Waals surface area contributed by atoms with E-state index in [1.54, 1.807) is 0 Å². The van der Waals surface area contributed by atoms with Gasteiger partial charge in [0.25, 0.3) is 0 Å². The van der Waals surface area contributed by atoms with Crippen molar-refractivity contribution < 1.29 is 0 Å². The molecule has 0 fully saturated rings. The summed E-state index contributed by atoms with van der Waals surface area (Å²) in [6, 6.07) is 15.3. The van der Waals surface area contributed by atoms with Crippen molar-refractivity contribution in [2.45, 2.75) is 46.8 Å². The fourth-order valence-electron chi connectivity index (χ4n) is 4.34. The maximum absolute atomic E-state index is 4.49. The molecule has 2 aromatic carbocycles. The normalized spacial score (nSPS) is 15.7. The van der Waals surface area contributed by atoms with Gasteiger partial charge in [0.05, 0.1) is 6.54 Å². The van der Waals surface area contributed by atoms with E-state index in [9.17, 15) is 0 Å². The van der Waals surface area contributed by atoms with Gasteiger partial charge < -0.3 is 4.57 Å². The minimum atomic E-state index is 0.376. The summed E-state index contributed by atoms with van der Waals surface area (Å²) in [5.41, 5.74) is 6.69. The molecule has 2 heterocycles. The molecule has 0 saturated carbocycles. The van der Waals surface area contributed by atoms with Crippen LogP contribution < -0.4 is 0 Å². The highest BCUT2D eigenvalue weighted by Crippen LogP contribution is 2.31. The summed E-state index contributed by atoms with van der Waals surface area (Å²) in [5, 5.41) is 8.96. The number of benzene rings is 2. The van der Waals surface area contributed by atoms with Crippen molar-refractivity contribution in [1.29, 1.82) is 0 Å². The van der Waals surface area contributed by atoms with Crippen molar-refractivity contribution in [1.82, 2.24) is 19.7 Å². The predicted molar refractivity (Wildman–Crippen MR) is 105 cm³/mol. The summed E-state index contributed by atoms with van der Waals surface area (Å²) in [6.45, 7) is 11.7. The van der Waals surface area contributed by atoms with Crippen molar-refractivity contribution >= 4 is 0 Å². The number of hydrogen-bond donors (Lipinski definition) is 0. The zero-order chi connectivity index (χ0) is 18.3. The number of nitrogens with zero attached hydrogens (tertiary/aromatic N) is 4. The molecular formula is C22H26N4. The topological polar surface area (TPSA) is 34.0 Å². The molecule has 0 saturated heterocycles. The largest absolute Gasteiger partial charge is 0.309 e. The molecule has 0 N–H and O–H groups in total. The first kappa shape index (κ1) is 17.0. The van der Waals surface area contributed by atoms with Crippen LogP contribution in [0.3, 0.4) is 0 Å². The summed E-state index contributed by atoms with van der Waals surface area (Å²) >= 11 is 0. The predicted octanol–water partition coefficient (Wildman–Crippen LogP) is 4.45. The Hall–Kier alpha value is -2.46. The molecule has 1 unspecified atom stereocenters. The second kappa shape index (κ2) is 6.69. The summed E-state index contributed by atoms with van der Waals surface area (Å²) in [7, 11) is 0. The molecule has 1 atom stereocenters. The van der Waals surface area contributed by atoms with Crippen LogP contribution in [0.2, 0.25) is 0 Å². The van der Waals surface area contributed by atoms with E-state index in [0.29, 0.717) is 6.04 Å². The Morgan fingerprint density at radius 3 is 2.31 bits per heavy atom. The molecule has 0 aliphatic carbocycles. The smallest absolute Gasteiger partial charge is 0.164 e. The Bertz CT molecular complexity index is 904. The lowest BCUT2D eigenvalue weighted by Gasteiger charge is -2.34. The Morgan fingerprint density at radius 1 is 0.923 bits per heavy atom. The van der Waals surface area contributed by atoms with Gasteiger partial charge in [-0.15, -0.1) is 10.2 Å². The van der Waals surface area contributed by atoms with Gasteiger partial charge in [0.1, 0.15) is 5.82 Å². The van der Waals surface area contributed by atoms with Gasteiger partial charge in [0.15, 0.2) is 5.82 Å². The monoisotopic (exact) mass is 346 g/mol. The number of aryl methyl sites for hydroxylation is 3. The minimum Gasteiger partial charge on any atom is -0.309 e. The average Bonchev–Trinajstić information content (AvgIpc) is 3.04. The number of aromatic nitrogens is 3. The quantitative estimate of drug-likeness (QED) is 0.703. The van der Waals surface area contributed by atoms with Crippen molar-refractivity contribution in [3.8, 4) is 11.4 Å². The lowest BCUT2D eigenvalue weighted by molar-refractivity contribution is 0.163. The van der Waals surface area contributed by atoms with E-state index in [-0.39, 0.29) is 0 Å². The fraction of sp³-hybridized carbons (Fsp3) is 0.364. The Kier molecular flexibility index (Phi) is 4.37. The van der Waals surface area contributed by atoms with Crippen LogP contribution in [-0.4, -0.2) is 26.2 Å². The maximum atomic E-state index is 4.49. The van der Waals surface area contributed by atoms with E-state index in [4.69, 9.17) is 0 Å². The Morgan fingerprint density at radius 2 is 1.62 bits per heavy atom. The third-order valence-corrected chi connectivity index (χ3v) is 5.52. The van der Waals surface area contributed by atoms with Gasteiger partial charge in [-0.1, -0.05) is 48.0 Å². The maximum Gasteiger partial charge on any atom is 0.164 e. The highest BCUT2D eigenvalue weighted by atomic mass is 15.3. The molecule has 3 aromatic rings. The first-order valence-corrected chi connectivity index (χ1v) is 9.34. The first-order valence-electron chi connectivity index (χ1n) is 9.34. The zero-order valence-corrected chi connectivity index (χ0v) is 16.0. The van der Waals surface area contributed by atoms with Crippen molar-refractivity contribution in [2.75, 3.05) is 6.54 Å². The molecule has 4 rings (SSSR count). The van der Waals surface area contributed by atoms with Crippen molar-refractivity contribution in [3.63, 3.8) is 0 Å². The molecule has 4 heteroatoms. The molecule has 0 bridgehead atoms. The average molecular weight is 346 g/mol.